The lowest BCUT2D eigenvalue weighted by Gasteiger charge is -2.23. The number of rotatable bonds is 16. The molecule has 1 unspecified atom stereocenters. The minimum absolute atomic E-state index is 0.0157. The van der Waals surface area contributed by atoms with Crippen LogP contribution >= 0.6 is 0 Å². The molecule has 0 heterocycles. The monoisotopic (exact) mass is 592 g/mol. The van der Waals surface area contributed by atoms with Crippen molar-refractivity contribution in [1.29, 1.82) is 0 Å². The van der Waals surface area contributed by atoms with Crippen LogP contribution in [0, 0.1) is 0 Å². The molecule has 2 aromatic rings. The van der Waals surface area contributed by atoms with Gasteiger partial charge in [0.2, 0.25) is 0 Å². The highest BCUT2D eigenvalue weighted by atomic mass is 19.4. The number of nitrogens with zero attached hydrogens (tertiary/aromatic N) is 1. The second-order valence-electron chi connectivity index (χ2n) is 9.25. The van der Waals surface area contributed by atoms with Crippen LogP contribution in [-0.2, 0) is 22.1 Å². The molecule has 41 heavy (non-hydrogen) atoms. The SMILES string of the molecule is CCOC(Cc1ccc(OCCN(CCCCCCC(F)(F)F)C(=O)Nc2ccc(C(F)(F)F)cc2)cc1)C(=O)O. The van der Waals surface area contributed by atoms with Gasteiger partial charge in [0.15, 0.2) is 6.10 Å². The third kappa shape index (κ3) is 13.2. The van der Waals surface area contributed by atoms with Crippen molar-refractivity contribution in [3.8, 4) is 5.75 Å². The van der Waals surface area contributed by atoms with Crippen LogP contribution in [0.2, 0.25) is 0 Å². The molecule has 2 aromatic carbocycles. The summed E-state index contributed by atoms with van der Waals surface area (Å²) in [6.07, 6.45) is -9.20. The van der Waals surface area contributed by atoms with Crippen LogP contribution in [0.3, 0.4) is 0 Å². The minimum Gasteiger partial charge on any atom is -0.492 e. The van der Waals surface area contributed by atoms with E-state index in [1.807, 2.05) is 0 Å². The Balaban J connectivity index is 1.94. The first-order chi connectivity index (χ1) is 19.3. The first-order valence-electron chi connectivity index (χ1n) is 13.1. The topological polar surface area (TPSA) is 88.1 Å². The zero-order chi connectivity index (χ0) is 30.5. The molecule has 1 atom stereocenters. The summed E-state index contributed by atoms with van der Waals surface area (Å²) < 4.78 is 86.4. The molecule has 0 radical (unpaired) electrons. The number of aliphatic carboxylic acids is 1. The lowest BCUT2D eigenvalue weighted by molar-refractivity contribution is -0.150. The van der Waals surface area contributed by atoms with Crippen molar-refractivity contribution in [2.75, 3.05) is 31.6 Å². The van der Waals surface area contributed by atoms with E-state index < -0.39 is 42.4 Å². The number of hydrogen-bond acceptors (Lipinski definition) is 4. The summed E-state index contributed by atoms with van der Waals surface area (Å²) >= 11 is 0. The molecule has 0 fully saturated rings. The van der Waals surface area contributed by atoms with Crippen LogP contribution in [0.1, 0.15) is 50.2 Å². The number of hydrogen-bond donors (Lipinski definition) is 2. The molecule has 2 rings (SSSR count). The Labute approximate surface area is 234 Å². The highest BCUT2D eigenvalue weighted by molar-refractivity contribution is 5.89. The molecule has 0 aromatic heterocycles. The fraction of sp³-hybridized carbons (Fsp3) is 0.500. The maximum Gasteiger partial charge on any atom is 0.416 e. The van der Waals surface area contributed by atoms with Crippen molar-refractivity contribution >= 4 is 17.7 Å². The molecule has 0 aliphatic rings. The third-order valence-corrected chi connectivity index (χ3v) is 6.01. The smallest absolute Gasteiger partial charge is 0.416 e. The van der Waals surface area contributed by atoms with Crippen molar-refractivity contribution in [2.24, 2.45) is 0 Å². The van der Waals surface area contributed by atoms with E-state index in [-0.39, 0.29) is 44.8 Å². The molecule has 228 valence electrons. The molecule has 2 N–H and O–H groups in total. The summed E-state index contributed by atoms with van der Waals surface area (Å²) in [6, 6.07) is 10.1. The number of nitrogens with one attached hydrogen (secondary N) is 1. The molecular formula is C28H34F6N2O5. The van der Waals surface area contributed by atoms with Crippen molar-refractivity contribution < 1.29 is 50.5 Å². The highest BCUT2D eigenvalue weighted by Gasteiger charge is 2.30. The van der Waals surface area contributed by atoms with Gasteiger partial charge in [-0.3, -0.25) is 0 Å². The highest BCUT2D eigenvalue weighted by Crippen LogP contribution is 2.30. The molecule has 0 saturated carbocycles. The van der Waals surface area contributed by atoms with E-state index >= 15 is 0 Å². The van der Waals surface area contributed by atoms with Crippen LogP contribution < -0.4 is 10.1 Å². The number of carboxylic acid groups (broad SMARTS) is 1. The van der Waals surface area contributed by atoms with Crippen molar-refractivity contribution in [1.82, 2.24) is 4.90 Å². The van der Waals surface area contributed by atoms with Crippen molar-refractivity contribution in [3.63, 3.8) is 0 Å². The van der Waals surface area contributed by atoms with Gasteiger partial charge in [-0.2, -0.15) is 26.3 Å². The predicted octanol–water partition coefficient (Wildman–Crippen LogP) is 7.16. The van der Waals surface area contributed by atoms with Gasteiger partial charge in [-0.15, -0.1) is 0 Å². The number of carbonyl (C=O) groups excluding carboxylic acids is 1. The first-order valence-corrected chi connectivity index (χ1v) is 13.1. The van der Waals surface area contributed by atoms with Crippen LogP contribution in [0.15, 0.2) is 48.5 Å². The summed E-state index contributed by atoms with van der Waals surface area (Å²) in [5, 5.41) is 11.8. The fourth-order valence-corrected chi connectivity index (χ4v) is 3.87. The number of anilines is 1. The normalized spacial score (nSPS) is 12.6. The molecule has 0 bridgehead atoms. The van der Waals surface area contributed by atoms with E-state index in [2.05, 4.69) is 5.32 Å². The van der Waals surface area contributed by atoms with Gasteiger partial charge in [0.1, 0.15) is 12.4 Å². The van der Waals surface area contributed by atoms with Crippen LogP contribution in [-0.4, -0.2) is 60.6 Å². The lowest BCUT2D eigenvalue weighted by atomic mass is 10.1. The Hall–Kier alpha value is -3.48. The molecule has 2 amide bonds. The number of urea groups is 1. The van der Waals surface area contributed by atoms with Crippen LogP contribution in [0.25, 0.3) is 0 Å². The van der Waals surface area contributed by atoms with E-state index in [1.165, 1.54) is 4.90 Å². The average Bonchev–Trinajstić information content (AvgIpc) is 2.89. The number of alkyl halides is 6. The number of unbranched alkanes of at least 4 members (excludes halogenated alkanes) is 3. The summed E-state index contributed by atoms with van der Waals surface area (Å²) in [5.74, 6) is -0.602. The summed E-state index contributed by atoms with van der Waals surface area (Å²) in [7, 11) is 0. The van der Waals surface area contributed by atoms with Crippen molar-refractivity contribution in [3.05, 3.63) is 59.7 Å². The average molecular weight is 593 g/mol. The zero-order valence-corrected chi connectivity index (χ0v) is 22.6. The van der Waals surface area contributed by atoms with Gasteiger partial charge in [-0.25, -0.2) is 9.59 Å². The number of amides is 2. The molecular weight excluding hydrogens is 558 g/mol. The Bertz CT molecular complexity index is 1080. The van der Waals surface area contributed by atoms with Crippen LogP contribution in [0.4, 0.5) is 36.8 Å². The standard InChI is InChI=1S/C28H34F6N2O5/c1-2-40-24(25(37)38)19-20-7-13-23(14-8-20)41-18-17-36(16-6-4-3-5-15-27(29,30)31)26(39)35-22-11-9-21(10-12-22)28(32,33)34/h7-14,24H,2-6,15-19H2,1H3,(H,35,39)(H,37,38). The number of benzene rings is 2. The largest absolute Gasteiger partial charge is 0.492 e. The predicted molar refractivity (Wildman–Crippen MR) is 140 cm³/mol. The second kappa shape index (κ2) is 16.1. The van der Waals surface area contributed by atoms with Gasteiger partial charge in [-0.05, 0) is 61.7 Å². The Kier molecular flexibility index (Phi) is 13.2. The maximum absolute atomic E-state index is 12.9. The third-order valence-electron chi connectivity index (χ3n) is 6.01. The van der Waals surface area contributed by atoms with E-state index in [0.717, 1.165) is 29.8 Å². The van der Waals surface area contributed by atoms with E-state index in [4.69, 9.17) is 9.47 Å². The summed E-state index contributed by atoms with van der Waals surface area (Å²) in [6.45, 7) is 2.32. The number of carbonyl (C=O) groups is 2. The summed E-state index contributed by atoms with van der Waals surface area (Å²) in [4.78, 5) is 25.5. The van der Waals surface area contributed by atoms with Gasteiger partial charge in [-0.1, -0.05) is 25.0 Å². The minimum atomic E-state index is -4.52. The first kappa shape index (κ1) is 33.7. The van der Waals surface area contributed by atoms with Gasteiger partial charge in [0.05, 0.1) is 12.1 Å². The van der Waals surface area contributed by atoms with Gasteiger partial charge in [0, 0.05) is 31.7 Å². The maximum atomic E-state index is 12.9. The Morgan fingerprint density at radius 1 is 0.902 bits per heavy atom. The molecule has 0 aliphatic carbocycles. The van der Waals surface area contributed by atoms with Gasteiger partial charge < -0.3 is 24.8 Å². The molecule has 0 saturated heterocycles. The number of halogens is 6. The van der Waals surface area contributed by atoms with Crippen LogP contribution in [0.5, 0.6) is 5.75 Å². The summed E-state index contributed by atoms with van der Waals surface area (Å²) in [5.41, 5.74) is 0.0182. The lowest BCUT2D eigenvalue weighted by Crippen LogP contribution is -2.38. The molecule has 13 heteroatoms. The number of carboxylic acids is 1. The number of ether oxygens (including phenoxy) is 2. The zero-order valence-electron chi connectivity index (χ0n) is 22.6. The fourth-order valence-electron chi connectivity index (χ4n) is 3.87. The van der Waals surface area contributed by atoms with E-state index in [1.54, 1.807) is 31.2 Å². The molecule has 7 nitrogen and oxygen atoms in total. The Morgan fingerprint density at radius 2 is 1.54 bits per heavy atom. The van der Waals surface area contributed by atoms with Gasteiger partial charge in [0.25, 0.3) is 0 Å². The van der Waals surface area contributed by atoms with Gasteiger partial charge >= 0.3 is 24.4 Å². The second-order valence-corrected chi connectivity index (χ2v) is 9.25. The van der Waals surface area contributed by atoms with Crippen molar-refractivity contribution in [2.45, 2.75) is 63.9 Å². The molecule has 0 aliphatic heterocycles. The quantitative estimate of drug-likeness (QED) is 0.160. The van der Waals surface area contributed by atoms with E-state index in [0.29, 0.717) is 25.0 Å². The molecule has 0 spiro atoms. The Morgan fingerprint density at radius 3 is 2.10 bits per heavy atom. The van der Waals surface area contributed by atoms with E-state index in [9.17, 15) is 41.0 Å².